The van der Waals surface area contributed by atoms with E-state index in [1.165, 1.54) is 11.8 Å². The Hall–Kier alpha value is -3.33. The number of hydrogen-bond acceptors (Lipinski definition) is 6. The molecule has 0 spiro atoms. The van der Waals surface area contributed by atoms with Crippen molar-refractivity contribution in [3.05, 3.63) is 54.1 Å². The first kappa shape index (κ1) is 22.8. The zero-order valence-corrected chi connectivity index (χ0v) is 19.5. The molecule has 0 saturated heterocycles. The van der Waals surface area contributed by atoms with Crippen LogP contribution in [0, 0.1) is 6.92 Å². The number of aromatic nitrogens is 3. The van der Waals surface area contributed by atoms with Gasteiger partial charge in [-0.05, 0) is 44.0 Å². The van der Waals surface area contributed by atoms with Crippen molar-refractivity contribution >= 4 is 23.7 Å². The van der Waals surface area contributed by atoms with E-state index in [9.17, 15) is 9.59 Å². The van der Waals surface area contributed by atoms with E-state index in [1.54, 1.807) is 7.11 Å². The Balaban J connectivity index is 1.54. The third kappa shape index (κ3) is 5.54. The van der Waals surface area contributed by atoms with Crippen LogP contribution in [0.15, 0.2) is 53.7 Å². The Bertz CT molecular complexity index is 1120. The molecule has 0 atom stereocenters. The number of urea groups is 1. The third-order valence-corrected chi connectivity index (χ3v) is 6.48. The van der Waals surface area contributed by atoms with Gasteiger partial charge in [0.15, 0.2) is 11.0 Å². The highest BCUT2D eigenvalue weighted by Crippen LogP contribution is 2.33. The number of carbonyl (C=O) groups excluding carboxylic acids is 2. The fraction of sp³-hybridized carbons (Fsp3) is 0.333. The Kier molecular flexibility index (Phi) is 7.29. The van der Waals surface area contributed by atoms with Crippen LogP contribution in [-0.4, -0.2) is 45.6 Å². The minimum absolute atomic E-state index is 0.0357. The zero-order valence-electron chi connectivity index (χ0n) is 18.7. The number of benzene rings is 2. The summed E-state index contributed by atoms with van der Waals surface area (Å²) < 4.78 is 7.42. The number of ether oxygens (including phenoxy) is 1. The Morgan fingerprint density at radius 3 is 2.55 bits per heavy atom. The average Bonchev–Trinajstić information content (AvgIpc) is 3.48. The predicted molar refractivity (Wildman–Crippen MR) is 128 cm³/mol. The number of carbonyl (C=O) groups is 2. The molecule has 0 radical (unpaired) electrons. The van der Waals surface area contributed by atoms with Crippen LogP contribution in [-0.2, 0) is 4.79 Å². The number of thioether (sulfide) groups is 1. The summed E-state index contributed by atoms with van der Waals surface area (Å²) in [6.07, 6.45) is 4.14. The van der Waals surface area contributed by atoms with E-state index in [0.29, 0.717) is 16.7 Å². The fourth-order valence-corrected chi connectivity index (χ4v) is 4.63. The Labute approximate surface area is 197 Å². The second-order valence-electron chi connectivity index (χ2n) is 7.97. The molecule has 172 valence electrons. The monoisotopic (exact) mass is 465 g/mol. The first-order valence-electron chi connectivity index (χ1n) is 10.9. The Morgan fingerprint density at radius 2 is 1.82 bits per heavy atom. The molecule has 1 fully saturated rings. The molecule has 1 aliphatic rings. The van der Waals surface area contributed by atoms with Gasteiger partial charge in [0.25, 0.3) is 0 Å². The SMILES string of the molecule is COc1ccccc1-c1nnc(SCC(=O)NC(=O)NC2CCCC2)n1-c1ccc(C)cc1. The van der Waals surface area contributed by atoms with Crippen LogP contribution in [0.2, 0.25) is 0 Å². The molecule has 4 rings (SSSR count). The molecule has 3 aromatic rings. The number of rotatable bonds is 7. The van der Waals surface area contributed by atoms with Crippen LogP contribution in [0.5, 0.6) is 5.75 Å². The van der Waals surface area contributed by atoms with Crippen LogP contribution < -0.4 is 15.4 Å². The van der Waals surface area contributed by atoms with Crippen LogP contribution >= 0.6 is 11.8 Å². The zero-order chi connectivity index (χ0) is 23.2. The van der Waals surface area contributed by atoms with Gasteiger partial charge < -0.3 is 10.1 Å². The van der Waals surface area contributed by atoms with Crippen LogP contribution in [0.25, 0.3) is 17.1 Å². The molecule has 1 heterocycles. The number of methoxy groups -OCH3 is 1. The lowest BCUT2D eigenvalue weighted by Crippen LogP contribution is -2.44. The summed E-state index contributed by atoms with van der Waals surface area (Å²) >= 11 is 1.22. The van der Waals surface area contributed by atoms with E-state index in [2.05, 4.69) is 20.8 Å². The number of para-hydroxylation sites is 1. The predicted octanol–water partition coefficient (Wildman–Crippen LogP) is 4.11. The standard InChI is InChI=1S/C24H27N5O3S/c1-16-11-13-18(14-12-16)29-22(19-9-5-6-10-20(19)32-2)27-28-24(29)33-15-21(30)26-23(31)25-17-7-3-4-8-17/h5-6,9-14,17H,3-4,7-8,15H2,1-2H3,(H2,25,26,30,31). The molecule has 0 aliphatic heterocycles. The largest absolute Gasteiger partial charge is 0.496 e. The van der Waals surface area contributed by atoms with Crippen molar-refractivity contribution < 1.29 is 14.3 Å². The highest BCUT2D eigenvalue weighted by Gasteiger charge is 2.21. The fourth-order valence-electron chi connectivity index (χ4n) is 3.88. The summed E-state index contributed by atoms with van der Waals surface area (Å²) in [5.41, 5.74) is 2.79. The second-order valence-corrected chi connectivity index (χ2v) is 8.91. The molecule has 2 aromatic carbocycles. The van der Waals surface area contributed by atoms with Gasteiger partial charge in [0, 0.05) is 11.7 Å². The second kappa shape index (κ2) is 10.5. The summed E-state index contributed by atoms with van der Waals surface area (Å²) in [4.78, 5) is 24.5. The summed E-state index contributed by atoms with van der Waals surface area (Å²) in [5, 5.41) is 14.6. The minimum Gasteiger partial charge on any atom is -0.496 e. The van der Waals surface area contributed by atoms with Gasteiger partial charge in [-0.15, -0.1) is 10.2 Å². The summed E-state index contributed by atoms with van der Waals surface area (Å²) in [6, 6.07) is 15.3. The van der Waals surface area contributed by atoms with Gasteiger partial charge in [0.1, 0.15) is 5.75 Å². The highest BCUT2D eigenvalue weighted by molar-refractivity contribution is 7.99. The van der Waals surface area contributed by atoms with Crippen LogP contribution in [0.1, 0.15) is 31.2 Å². The average molecular weight is 466 g/mol. The van der Waals surface area contributed by atoms with E-state index in [1.807, 2.05) is 60.0 Å². The molecule has 1 aromatic heterocycles. The van der Waals surface area contributed by atoms with Gasteiger partial charge in [-0.25, -0.2) is 4.79 Å². The smallest absolute Gasteiger partial charge is 0.321 e. The first-order chi connectivity index (χ1) is 16.0. The molecule has 8 nitrogen and oxygen atoms in total. The number of aryl methyl sites for hydroxylation is 1. The number of imide groups is 1. The maximum Gasteiger partial charge on any atom is 0.321 e. The molecule has 9 heteroatoms. The molecule has 1 aliphatic carbocycles. The number of hydrogen-bond donors (Lipinski definition) is 2. The highest BCUT2D eigenvalue weighted by atomic mass is 32.2. The normalized spacial score (nSPS) is 13.6. The van der Waals surface area contributed by atoms with E-state index in [0.717, 1.165) is 42.5 Å². The van der Waals surface area contributed by atoms with E-state index < -0.39 is 6.03 Å². The van der Waals surface area contributed by atoms with Crippen molar-refractivity contribution in [2.24, 2.45) is 0 Å². The van der Waals surface area contributed by atoms with Crippen molar-refractivity contribution in [3.63, 3.8) is 0 Å². The molecular formula is C24H27N5O3S. The maximum absolute atomic E-state index is 12.4. The minimum atomic E-state index is -0.442. The lowest BCUT2D eigenvalue weighted by molar-refractivity contribution is -0.117. The number of nitrogens with zero attached hydrogens (tertiary/aromatic N) is 3. The van der Waals surface area contributed by atoms with E-state index in [-0.39, 0.29) is 17.7 Å². The molecular weight excluding hydrogens is 438 g/mol. The van der Waals surface area contributed by atoms with Gasteiger partial charge in [0.05, 0.1) is 18.4 Å². The van der Waals surface area contributed by atoms with Gasteiger partial charge in [0.2, 0.25) is 5.91 Å². The molecule has 3 amide bonds. The van der Waals surface area contributed by atoms with Crippen molar-refractivity contribution in [2.75, 3.05) is 12.9 Å². The van der Waals surface area contributed by atoms with Crippen molar-refractivity contribution in [2.45, 2.75) is 43.8 Å². The topological polar surface area (TPSA) is 98.1 Å². The van der Waals surface area contributed by atoms with E-state index in [4.69, 9.17) is 4.74 Å². The maximum atomic E-state index is 12.4. The van der Waals surface area contributed by atoms with Gasteiger partial charge in [-0.3, -0.25) is 14.7 Å². The van der Waals surface area contributed by atoms with Crippen LogP contribution in [0.4, 0.5) is 4.79 Å². The third-order valence-electron chi connectivity index (χ3n) is 5.55. The van der Waals surface area contributed by atoms with Crippen molar-refractivity contribution in [3.8, 4) is 22.8 Å². The van der Waals surface area contributed by atoms with E-state index >= 15 is 0 Å². The number of nitrogens with one attached hydrogen (secondary N) is 2. The summed E-state index contributed by atoms with van der Waals surface area (Å²) in [7, 11) is 1.61. The molecule has 1 saturated carbocycles. The summed E-state index contributed by atoms with van der Waals surface area (Å²) in [5.74, 6) is 0.940. The summed E-state index contributed by atoms with van der Waals surface area (Å²) in [6.45, 7) is 2.02. The Morgan fingerprint density at radius 1 is 1.09 bits per heavy atom. The lowest BCUT2D eigenvalue weighted by Gasteiger charge is -2.13. The van der Waals surface area contributed by atoms with Gasteiger partial charge >= 0.3 is 6.03 Å². The quantitative estimate of drug-likeness (QED) is 0.510. The number of amides is 3. The van der Waals surface area contributed by atoms with Gasteiger partial charge in [-0.2, -0.15) is 0 Å². The first-order valence-corrected chi connectivity index (χ1v) is 11.9. The lowest BCUT2D eigenvalue weighted by atomic mass is 10.1. The van der Waals surface area contributed by atoms with Crippen molar-refractivity contribution in [1.82, 2.24) is 25.4 Å². The van der Waals surface area contributed by atoms with Gasteiger partial charge in [-0.1, -0.05) is 54.4 Å². The van der Waals surface area contributed by atoms with Crippen LogP contribution in [0.3, 0.4) is 0 Å². The molecule has 0 unspecified atom stereocenters. The molecule has 33 heavy (non-hydrogen) atoms. The molecule has 0 bridgehead atoms. The van der Waals surface area contributed by atoms with Crippen molar-refractivity contribution in [1.29, 1.82) is 0 Å². The molecule has 2 N–H and O–H groups in total.